The van der Waals surface area contributed by atoms with Gasteiger partial charge in [-0.15, -0.1) is 10.2 Å². The van der Waals surface area contributed by atoms with Gasteiger partial charge in [0.15, 0.2) is 5.82 Å². The Labute approximate surface area is 186 Å². The van der Waals surface area contributed by atoms with Crippen molar-refractivity contribution in [2.75, 3.05) is 13.1 Å². The molecule has 0 radical (unpaired) electrons. The fourth-order valence-electron chi connectivity index (χ4n) is 3.78. The van der Waals surface area contributed by atoms with Crippen LogP contribution in [0.2, 0.25) is 0 Å². The SMILES string of the molecule is Cc1nnc(-c2ccc(C(=O)N3CCC(F)(F)CC3)c(-c3cccc(C(C)(C)C)n3)c2)[nH]1. The van der Waals surface area contributed by atoms with E-state index in [1.165, 1.54) is 4.90 Å². The molecule has 1 aromatic carbocycles. The number of halogens is 2. The summed E-state index contributed by atoms with van der Waals surface area (Å²) in [6, 6.07) is 11.1. The molecule has 3 aromatic rings. The van der Waals surface area contributed by atoms with Gasteiger partial charge in [-0.2, -0.15) is 0 Å². The Hall–Kier alpha value is -3.16. The third-order valence-electron chi connectivity index (χ3n) is 5.70. The van der Waals surface area contributed by atoms with E-state index in [1.54, 1.807) is 12.1 Å². The molecule has 32 heavy (non-hydrogen) atoms. The number of aromatic nitrogens is 4. The first-order chi connectivity index (χ1) is 15.0. The van der Waals surface area contributed by atoms with Gasteiger partial charge >= 0.3 is 0 Å². The molecule has 0 spiro atoms. The van der Waals surface area contributed by atoms with E-state index in [-0.39, 0.29) is 37.3 Å². The minimum Gasteiger partial charge on any atom is -0.338 e. The number of rotatable bonds is 3. The van der Waals surface area contributed by atoms with E-state index in [2.05, 4.69) is 36.0 Å². The second kappa shape index (κ2) is 8.07. The first-order valence-corrected chi connectivity index (χ1v) is 10.7. The minimum atomic E-state index is -2.71. The highest BCUT2D eigenvalue weighted by atomic mass is 19.3. The van der Waals surface area contributed by atoms with Gasteiger partial charge in [0.05, 0.1) is 5.69 Å². The Morgan fingerprint density at radius 3 is 2.44 bits per heavy atom. The van der Waals surface area contributed by atoms with E-state index in [0.29, 0.717) is 28.5 Å². The molecular formula is C24H27F2N5O. The van der Waals surface area contributed by atoms with Crippen LogP contribution in [0.3, 0.4) is 0 Å². The average molecular weight is 440 g/mol. The Balaban J connectivity index is 1.79. The third-order valence-corrected chi connectivity index (χ3v) is 5.70. The molecule has 1 saturated heterocycles. The highest BCUT2D eigenvalue weighted by Crippen LogP contribution is 2.33. The molecule has 6 nitrogen and oxygen atoms in total. The maximum absolute atomic E-state index is 13.6. The number of carbonyl (C=O) groups excluding carboxylic acids is 1. The van der Waals surface area contributed by atoms with Gasteiger partial charge in [0.2, 0.25) is 0 Å². The maximum Gasteiger partial charge on any atom is 0.254 e. The topological polar surface area (TPSA) is 74.8 Å². The van der Waals surface area contributed by atoms with Crippen LogP contribution in [0, 0.1) is 6.92 Å². The number of carbonyl (C=O) groups is 1. The van der Waals surface area contributed by atoms with Crippen LogP contribution in [0.4, 0.5) is 8.78 Å². The van der Waals surface area contributed by atoms with E-state index in [4.69, 9.17) is 4.98 Å². The largest absolute Gasteiger partial charge is 0.338 e. The molecule has 1 aliphatic rings. The number of hydrogen-bond donors (Lipinski definition) is 1. The van der Waals surface area contributed by atoms with Crippen LogP contribution in [0.1, 0.15) is 55.5 Å². The number of benzene rings is 1. The first kappa shape index (κ1) is 22.0. The van der Waals surface area contributed by atoms with E-state index in [9.17, 15) is 13.6 Å². The Kier molecular flexibility index (Phi) is 5.56. The smallest absolute Gasteiger partial charge is 0.254 e. The number of aromatic amines is 1. The van der Waals surface area contributed by atoms with Crippen LogP contribution < -0.4 is 0 Å². The molecule has 8 heteroatoms. The molecule has 1 N–H and O–H groups in total. The minimum absolute atomic E-state index is 0.0315. The summed E-state index contributed by atoms with van der Waals surface area (Å²) in [7, 11) is 0. The Morgan fingerprint density at radius 1 is 1.09 bits per heavy atom. The number of nitrogens with zero attached hydrogens (tertiary/aromatic N) is 4. The van der Waals surface area contributed by atoms with Crippen molar-refractivity contribution in [2.45, 2.75) is 51.9 Å². The summed E-state index contributed by atoms with van der Waals surface area (Å²) in [6.45, 7) is 8.11. The lowest BCUT2D eigenvalue weighted by atomic mass is 9.90. The van der Waals surface area contributed by atoms with Crippen LogP contribution in [-0.4, -0.2) is 50.0 Å². The number of pyridine rings is 1. The normalized spacial score (nSPS) is 16.2. The predicted octanol–water partition coefficient (Wildman–Crippen LogP) is 5.01. The fraction of sp³-hybridized carbons (Fsp3) is 0.417. The molecule has 1 fully saturated rings. The number of H-pyrrole nitrogens is 1. The van der Waals surface area contributed by atoms with Crippen molar-refractivity contribution in [1.82, 2.24) is 25.1 Å². The molecule has 0 atom stereocenters. The number of piperidine rings is 1. The predicted molar refractivity (Wildman–Crippen MR) is 119 cm³/mol. The second-order valence-corrected chi connectivity index (χ2v) is 9.33. The molecule has 4 rings (SSSR count). The molecule has 3 heterocycles. The van der Waals surface area contributed by atoms with Crippen LogP contribution >= 0.6 is 0 Å². The average Bonchev–Trinajstić information content (AvgIpc) is 3.19. The maximum atomic E-state index is 13.6. The summed E-state index contributed by atoms with van der Waals surface area (Å²) in [5.41, 5.74) is 3.23. The lowest BCUT2D eigenvalue weighted by Crippen LogP contribution is -2.42. The van der Waals surface area contributed by atoms with Crippen molar-refractivity contribution in [3.05, 3.63) is 53.5 Å². The standard InChI is InChI=1S/C24H27F2N5O/c1-15-27-21(30-29-15)16-8-9-17(22(32)31-12-10-24(25,26)11-13-31)18(14-16)19-6-5-7-20(28-19)23(2,3)4/h5-9,14H,10-13H2,1-4H3,(H,27,29,30). The van der Waals surface area contributed by atoms with Gasteiger partial charge in [-0.1, -0.05) is 32.9 Å². The number of hydrogen-bond acceptors (Lipinski definition) is 4. The lowest BCUT2D eigenvalue weighted by Gasteiger charge is -2.32. The zero-order valence-corrected chi connectivity index (χ0v) is 18.7. The lowest BCUT2D eigenvalue weighted by molar-refractivity contribution is -0.0494. The summed E-state index contributed by atoms with van der Waals surface area (Å²) in [6.07, 6.45) is -0.636. The van der Waals surface area contributed by atoms with Gasteiger partial charge in [0, 0.05) is 53.7 Å². The summed E-state index contributed by atoms with van der Waals surface area (Å²) < 4.78 is 27.2. The van der Waals surface area contributed by atoms with E-state index < -0.39 is 5.92 Å². The number of nitrogens with one attached hydrogen (secondary N) is 1. The van der Waals surface area contributed by atoms with Gasteiger partial charge in [0.1, 0.15) is 5.82 Å². The quantitative estimate of drug-likeness (QED) is 0.622. The highest BCUT2D eigenvalue weighted by molar-refractivity contribution is 6.01. The van der Waals surface area contributed by atoms with E-state index in [0.717, 1.165) is 11.3 Å². The van der Waals surface area contributed by atoms with Crippen molar-refractivity contribution in [3.63, 3.8) is 0 Å². The fourth-order valence-corrected chi connectivity index (χ4v) is 3.78. The number of likely N-dealkylation sites (tertiary alicyclic amines) is 1. The van der Waals surface area contributed by atoms with E-state index in [1.807, 2.05) is 31.2 Å². The van der Waals surface area contributed by atoms with Crippen LogP contribution in [0.15, 0.2) is 36.4 Å². The van der Waals surface area contributed by atoms with E-state index >= 15 is 0 Å². The molecule has 2 aromatic heterocycles. The van der Waals surface area contributed by atoms with Crippen molar-refractivity contribution in [3.8, 4) is 22.6 Å². The zero-order chi connectivity index (χ0) is 23.1. The first-order valence-electron chi connectivity index (χ1n) is 10.7. The van der Waals surface area contributed by atoms with Gasteiger partial charge in [0.25, 0.3) is 11.8 Å². The second-order valence-electron chi connectivity index (χ2n) is 9.33. The van der Waals surface area contributed by atoms with Gasteiger partial charge < -0.3 is 9.88 Å². The highest BCUT2D eigenvalue weighted by Gasteiger charge is 2.36. The van der Waals surface area contributed by atoms with Crippen LogP contribution in [0.25, 0.3) is 22.6 Å². The van der Waals surface area contributed by atoms with Gasteiger partial charge in [-0.3, -0.25) is 9.78 Å². The monoisotopic (exact) mass is 439 g/mol. The number of aryl methyl sites for hydroxylation is 1. The summed E-state index contributed by atoms with van der Waals surface area (Å²) in [4.78, 5) is 22.8. The van der Waals surface area contributed by atoms with Gasteiger partial charge in [-0.25, -0.2) is 8.78 Å². The Morgan fingerprint density at radius 2 is 1.81 bits per heavy atom. The summed E-state index contributed by atoms with van der Waals surface area (Å²) >= 11 is 0. The van der Waals surface area contributed by atoms with Gasteiger partial charge in [-0.05, 0) is 31.2 Å². The molecule has 1 amide bonds. The van der Waals surface area contributed by atoms with Crippen molar-refractivity contribution in [2.24, 2.45) is 0 Å². The molecule has 1 aliphatic heterocycles. The van der Waals surface area contributed by atoms with Crippen molar-refractivity contribution in [1.29, 1.82) is 0 Å². The molecule has 0 saturated carbocycles. The Bertz CT molecular complexity index is 1140. The molecular weight excluding hydrogens is 412 g/mol. The molecule has 168 valence electrons. The summed E-state index contributed by atoms with van der Waals surface area (Å²) in [5.74, 6) is -1.70. The number of amides is 1. The molecule has 0 aliphatic carbocycles. The zero-order valence-electron chi connectivity index (χ0n) is 18.7. The van der Waals surface area contributed by atoms with Crippen LogP contribution in [-0.2, 0) is 5.41 Å². The summed E-state index contributed by atoms with van der Waals surface area (Å²) in [5, 5.41) is 8.17. The third kappa shape index (κ3) is 4.54. The molecule has 0 unspecified atom stereocenters. The molecule has 0 bridgehead atoms. The van der Waals surface area contributed by atoms with Crippen molar-refractivity contribution < 1.29 is 13.6 Å². The van der Waals surface area contributed by atoms with Crippen molar-refractivity contribution >= 4 is 5.91 Å². The number of alkyl halides is 2. The van der Waals surface area contributed by atoms with Crippen LogP contribution in [0.5, 0.6) is 0 Å².